The van der Waals surface area contributed by atoms with Gasteiger partial charge >= 0.3 is 5.97 Å². The van der Waals surface area contributed by atoms with Crippen LogP contribution in [0.2, 0.25) is 0 Å². The molecule has 1 aromatic carbocycles. The predicted molar refractivity (Wildman–Crippen MR) is 67.5 cm³/mol. The second-order valence-electron chi connectivity index (χ2n) is 3.63. The van der Waals surface area contributed by atoms with Crippen LogP contribution in [0, 0.1) is 0 Å². The van der Waals surface area contributed by atoms with Crippen LogP contribution < -0.4 is 4.74 Å². The molecule has 0 amide bonds. The summed E-state index contributed by atoms with van der Waals surface area (Å²) in [5.74, 6) is 0.241. The molecule has 0 saturated heterocycles. The highest BCUT2D eigenvalue weighted by molar-refractivity contribution is 5.88. The summed E-state index contributed by atoms with van der Waals surface area (Å²) >= 11 is 0. The number of hydrogen-bond acceptors (Lipinski definition) is 5. The van der Waals surface area contributed by atoms with E-state index in [2.05, 4.69) is 9.72 Å². The number of para-hydroxylation sites is 1. The van der Waals surface area contributed by atoms with Crippen LogP contribution in [0.25, 0.3) is 0 Å². The molecule has 0 radical (unpaired) electrons. The summed E-state index contributed by atoms with van der Waals surface area (Å²) in [6, 6.07) is 9.88. The number of ether oxygens (including phenoxy) is 2. The molecular weight excluding hydrogens is 246 g/mol. The zero-order chi connectivity index (χ0) is 13.7. The Hall–Kier alpha value is -2.69. The van der Waals surface area contributed by atoms with Crippen molar-refractivity contribution in [3.05, 3.63) is 53.7 Å². The van der Waals surface area contributed by atoms with Crippen molar-refractivity contribution in [1.29, 1.82) is 0 Å². The first-order valence-electron chi connectivity index (χ1n) is 5.51. The Balaban J connectivity index is 2.20. The Morgan fingerprint density at radius 3 is 2.63 bits per heavy atom. The van der Waals surface area contributed by atoms with E-state index < -0.39 is 5.97 Å². The normalized spacial score (nSPS) is 9.74. The van der Waals surface area contributed by atoms with Crippen molar-refractivity contribution >= 4 is 12.3 Å². The Morgan fingerprint density at radius 1 is 1.21 bits per heavy atom. The van der Waals surface area contributed by atoms with Gasteiger partial charge in [0, 0.05) is 12.3 Å². The van der Waals surface area contributed by atoms with Crippen molar-refractivity contribution in [2.45, 2.75) is 0 Å². The van der Waals surface area contributed by atoms with Gasteiger partial charge in [-0.25, -0.2) is 9.78 Å². The van der Waals surface area contributed by atoms with Crippen LogP contribution in [0.4, 0.5) is 0 Å². The van der Waals surface area contributed by atoms with Crippen LogP contribution in [-0.2, 0) is 4.74 Å². The highest BCUT2D eigenvalue weighted by Gasteiger charge is 2.07. The third kappa shape index (κ3) is 2.95. The number of methoxy groups -OCH3 is 1. The topological polar surface area (TPSA) is 65.5 Å². The number of esters is 1. The fourth-order valence-corrected chi connectivity index (χ4v) is 1.46. The van der Waals surface area contributed by atoms with E-state index in [9.17, 15) is 9.59 Å². The lowest BCUT2D eigenvalue weighted by atomic mass is 10.2. The Labute approximate surface area is 109 Å². The summed E-state index contributed by atoms with van der Waals surface area (Å²) in [5.41, 5.74) is 0.764. The molecule has 0 unspecified atom stereocenters. The van der Waals surface area contributed by atoms with Crippen LogP contribution in [0.5, 0.6) is 11.6 Å². The predicted octanol–water partition coefficient (Wildman–Crippen LogP) is 2.47. The second-order valence-corrected chi connectivity index (χ2v) is 3.63. The Bertz CT molecular complexity index is 593. The maximum absolute atomic E-state index is 11.2. The molecule has 1 heterocycles. The van der Waals surface area contributed by atoms with E-state index in [0.717, 1.165) is 0 Å². The van der Waals surface area contributed by atoms with E-state index in [1.807, 2.05) is 0 Å². The van der Waals surface area contributed by atoms with Crippen LogP contribution in [-0.4, -0.2) is 24.3 Å². The van der Waals surface area contributed by atoms with E-state index in [1.54, 1.807) is 24.3 Å². The first-order chi connectivity index (χ1) is 9.24. The molecule has 0 bridgehead atoms. The quantitative estimate of drug-likeness (QED) is 0.621. The first kappa shape index (κ1) is 12.8. The first-order valence-corrected chi connectivity index (χ1v) is 5.51. The number of rotatable bonds is 4. The molecule has 0 saturated carbocycles. The minimum Gasteiger partial charge on any atom is -0.465 e. The van der Waals surface area contributed by atoms with Crippen molar-refractivity contribution in [2.24, 2.45) is 0 Å². The molecule has 96 valence electrons. The number of carbonyl (C=O) groups excluding carboxylic acids is 2. The van der Waals surface area contributed by atoms with E-state index in [0.29, 0.717) is 29.0 Å². The monoisotopic (exact) mass is 257 g/mol. The van der Waals surface area contributed by atoms with Gasteiger partial charge in [0.25, 0.3) is 0 Å². The lowest BCUT2D eigenvalue weighted by Gasteiger charge is -2.06. The number of nitrogens with zero attached hydrogens (tertiary/aromatic N) is 1. The molecule has 0 aliphatic rings. The smallest absolute Gasteiger partial charge is 0.339 e. The van der Waals surface area contributed by atoms with Crippen molar-refractivity contribution < 1.29 is 19.1 Å². The minimum absolute atomic E-state index is 0.293. The van der Waals surface area contributed by atoms with Crippen LogP contribution in [0.1, 0.15) is 20.7 Å². The lowest BCUT2D eigenvalue weighted by molar-refractivity contribution is 0.0600. The van der Waals surface area contributed by atoms with Gasteiger partial charge in [0.1, 0.15) is 5.75 Å². The maximum Gasteiger partial charge on any atom is 0.339 e. The number of carbonyl (C=O) groups is 2. The van der Waals surface area contributed by atoms with Gasteiger partial charge in [-0.2, -0.15) is 0 Å². The summed E-state index contributed by atoms with van der Waals surface area (Å²) in [6.45, 7) is 0. The number of aromatic nitrogens is 1. The van der Waals surface area contributed by atoms with Crippen molar-refractivity contribution in [2.75, 3.05) is 7.11 Å². The van der Waals surface area contributed by atoms with Gasteiger partial charge < -0.3 is 9.47 Å². The molecule has 19 heavy (non-hydrogen) atoms. The molecule has 0 atom stereocenters. The summed E-state index contributed by atoms with van der Waals surface area (Å²) in [4.78, 5) is 26.1. The van der Waals surface area contributed by atoms with Crippen LogP contribution in [0.15, 0.2) is 42.6 Å². The zero-order valence-corrected chi connectivity index (χ0v) is 10.2. The van der Waals surface area contributed by atoms with Gasteiger partial charge in [-0.3, -0.25) is 4.79 Å². The standard InChI is InChI=1S/C14H11NO4/c1-18-14(17)10-6-7-13(15-8-10)19-12-5-3-2-4-11(12)9-16/h2-9H,1H3. The second kappa shape index (κ2) is 5.77. The average Bonchev–Trinajstić information content (AvgIpc) is 2.48. The van der Waals surface area contributed by atoms with Crippen molar-refractivity contribution in [3.63, 3.8) is 0 Å². The van der Waals surface area contributed by atoms with E-state index >= 15 is 0 Å². The van der Waals surface area contributed by atoms with E-state index in [1.165, 1.54) is 25.4 Å². The highest BCUT2D eigenvalue weighted by Crippen LogP contribution is 2.22. The number of hydrogen-bond donors (Lipinski definition) is 0. The maximum atomic E-state index is 11.2. The molecule has 0 fully saturated rings. The molecule has 0 spiro atoms. The number of pyridine rings is 1. The van der Waals surface area contributed by atoms with Gasteiger partial charge in [0.05, 0.1) is 18.2 Å². The molecule has 2 aromatic rings. The van der Waals surface area contributed by atoms with Gasteiger partial charge in [-0.15, -0.1) is 0 Å². The summed E-state index contributed by atoms with van der Waals surface area (Å²) in [6.07, 6.45) is 2.06. The third-order valence-corrected chi connectivity index (χ3v) is 2.42. The van der Waals surface area contributed by atoms with Crippen molar-refractivity contribution in [3.8, 4) is 11.6 Å². The van der Waals surface area contributed by atoms with E-state index in [4.69, 9.17) is 4.74 Å². The van der Waals surface area contributed by atoms with Gasteiger partial charge in [-0.05, 0) is 18.2 Å². The molecule has 5 nitrogen and oxygen atoms in total. The van der Waals surface area contributed by atoms with E-state index in [-0.39, 0.29) is 0 Å². The summed E-state index contributed by atoms with van der Waals surface area (Å²) in [7, 11) is 1.30. The van der Waals surface area contributed by atoms with Crippen molar-refractivity contribution in [1.82, 2.24) is 4.98 Å². The number of aldehydes is 1. The fourth-order valence-electron chi connectivity index (χ4n) is 1.46. The molecule has 0 N–H and O–H groups in total. The fraction of sp³-hybridized carbons (Fsp3) is 0.0714. The van der Waals surface area contributed by atoms with Gasteiger partial charge in [-0.1, -0.05) is 12.1 Å². The summed E-state index contributed by atoms with van der Waals surface area (Å²) in [5, 5.41) is 0. The molecule has 1 aromatic heterocycles. The molecule has 2 rings (SSSR count). The zero-order valence-electron chi connectivity index (χ0n) is 10.2. The molecule has 5 heteroatoms. The van der Waals surface area contributed by atoms with Gasteiger partial charge in [0.2, 0.25) is 5.88 Å². The lowest BCUT2D eigenvalue weighted by Crippen LogP contribution is -2.01. The third-order valence-electron chi connectivity index (χ3n) is 2.42. The highest BCUT2D eigenvalue weighted by atomic mass is 16.5. The Morgan fingerprint density at radius 2 is 2.00 bits per heavy atom. The Kier molecular flexibility index (Phi) is 3.87. The number of benzene rings is 1. The van der Waals surface area contributed by atoms with Gasteiger partial charge in [0.15, 0.2) is 6.29 Å². The molecule has 0 aliphatic carbocycles. The summed E-state index contributed by atoms with van der Waals surface area (Å²) < 4.78 is 10.0. The van der Waals surface area contributed by atoms with Crippen LogP contribution in [0.3, 0.4) is 0 Å². The van der Waals surface area contributed by atoms with Crippen LogP contribution >= 0.6 is 0 Å². The minimum atomic E-state index is -0.465. The molecule has 0 aliphatic heterocycles. The molecular formula is C14H11NO4. The largest absolute Gasteiger partial charge is 0.465 e. The average molecular weight is 257 g/mol. The SMILES string of the molecule is COC(=O)c1ccc(Oc2ccccc2C=O)nc1.